The summed E-state index contributed by atoms with van der Waals surface area (Å²) in [5, 5.41) is 18.5. The van der Waals surface area contributed by atoms with Crippen LogP contribution in [0.25, 0.3) is 5.52 Å². The third kappa shape index (κ3) is 7.32. The number of hydrogen-bond acceptors (Lipinski definition) is 10. The number of amides is 1. The first-order valence-corrected chi connectivity index (χ1v) is 24.9. The summed E-state index contributed by atoms with van der Waals surface area (Å²) >= 11 is 0. The van der Waals surface area contributed by atoms with Gasteiger partial charge in [0.05, 0.1) is 18.9 Å². The maximum Gasteiger partial charge on any atom is 0.412 e. The highest BCUT2D eigenvalue weighted by Gasteiger charge is 2.66. The van der Waals surface area contributed by atoms with Gasteiger partial charge in [0, 0.05) is 0 Å². The average molecular weight is 720 g/mol. The first kappa shape index (κ1) is 38.6. The van der Waals surface area contributed by atoms with E-state index < -0.39 is 55.4 Å². The lowest BCUT2D eigenvalue weighted by Crippen LogP contribution is -2.66. The zero-order chi connectivity index (χ0) is 35.7. The molecule has 48 heavy (non-hydrogen) atoms. The standard InChI is InChI=1S/C33H57N5O7Si3/c1-13-14-15-18-40-32(39)37-31-26-16-17-28(38(26)36-21-35-31)33(20-34)30(44-46(10,11)12)29-27(42-33)19-41-47(22(2)3,23(4)5)45-48(43-29,24(6)7)25(8)9/h16-17,21-25,27,29-30H,13-15,18-19H2,1-12H3,(H,35,36,37,39)/t27-,29-,30-,33+/m1/s1. The van der Waals surface area contributed by atoms with Gasteiger partial charge in [-0.05, 0) is 60.4 Å². The van der Waals surface area contributed by atoms with E-state index in [0.717, 1.165) is 19.3 Å². The number of fused-ring (bicyclic) bond motifs is 2. The van der Waals surface area contributed by atoms with Gasteiger partial charge >= 0.3 is 23.2 Å². The Bertz CT molecular complexity index is 1440. The zero-order valence-corrected chi connectivity index (χ0v) is 34.0. The molecule has 1 amide bonds. The Balaban J connectivity index is 1.85. The number of nitrogens with zero attached hydrogens (tertiary/aromatic N) is 4. The second-order valence-electron chi connectivity index (χ2n) is 15.3. The van der Waals surface area contributed by atoms with E-state index in [1.165, 1.54) is 6.33 Å². The maximum atomic E-state index is 12.6. The fourth-order valence-electron chi connectivity index (χ4n) is 7.05. The van der Waals surface area contributed by atoms with E-state index in [2.05, 4.69) is 103 Å². The van der Waals surface area contributed by atoms with E-state index in [1.807, 2.05) is 0 Å². The molecule has 2 aliphatic rings. The Morgan fingerprint density at radius 3 is 2.29 bits per heavy atom. The number of nitrogens with one attached hydrogen (secondary N) is 1. The lowest BCUT2D eigenvalue weighted by atomic mass is 9.92. The van der Waals surface area contributed by atoms with Crippen molar-refractivity contribution in [2.75, 3.05) is 18.5 Å². The fraction of sp³-hybridized carbons (Fsp3) is 0.758. The van der Waals surface area contributed by atoms with E-state index in [1.54, 1.807) is 16.6 Å². The minimum absolute atomic E-state index is 0.0890. The van der Waals surface area contributed by atoms with Gasteiger partial charge in [-0.25, -0.2) is 14.3 Å². The van der Waals surface area contributed by atoms with Crippen LogP contribution < -0.4 is 5.32 Å². The summed E-state index contributed by atoms with van der Waals surface area (Å²) in [4.78, 5) is 17.0. The predicted molar refractivity (Wildman–Crippen MR) is 192 cm³/mol. The van der Waals surface area contributed by atoms with Crippen molar-refractivity contribution in [3.05, 3.63) is 24.2 Å². The summed E-state index contributed by atoms with van der Waals surface area (Å²) in [6.07, 6.45) is 1.48. The number of rotatable bonds is 12. The Kier molecular flexibility index (Phi) is 12.1. The predicted octanol–water partition coefficient (Wildman–Crippen LogP) is 7.76. The van der Waals surface area contributed by atoms with Gasteiger partial charge in [0.25, 0.3) is 0 Å². The second kappa shape index (κ2) is 15.0. The Hall–Kier alpha value is -2.17. The molecule has 1 N–H and O–H groups in total. The quantitative estimate of drug-likeness (QED) is 0.171. The lowest BCUT2D eigenvalue weighted by molar-refractivity contribution is -0.0664. The smallest absolute Gasteiger partial charge is 0.412 e. The first-order chi connectivity index (χ1) is 22.5. The molecule has 0 radical (unpaired) electrons. The number of ether oxygens (including phenoxy) is 2. The summed E-state index contributed by atoms with van der Waals surface area (Å²) in [6, 6.07) is 6.09. The molecule has 2 saturated heterocycles. The number of carbonyl (C=O) groups excluding carboxylic acids is 1. The lowest BCUT2D eigenvalue weighted by Gasteiger charge is -2.51. The van der Waals surface area contributed by atoms with E-state index in [0.29, 0.717) is 17.8 Å². The van der Waals surface area contributed by atoms with Crippen LogP contribution in [0.4, 0.5) is 10.6 Å². The molecule has 2 aliphatic heterocycles. The molecule has 4 atom stereocenters. The van der Waals surface area contributed by atoms with Crippen LogP contribution >= 0.6 is 0 Å². The van der Waals surface area contributed by atoms with E-state index in [-0.39, 0.29) is 34.6 Å². The van der Waals surface area contributed by atoms with Crippen molar-refractivity contribution in [3.63, 3.8) is 0 Å². The second-order valence-corrected chi connectivity index (χ2v) is 28.6. The van der Waals surface area contributed by atoms with Crippen LogP contribution in [-0.2, 0) is 32.5 Å². The van der Waals surface area contributed by atoms with Gasteiger partial charge in [0.2, 0.25) is 5.60 Å². The monoisotopic (exact) mass is 719 g/mol. The van der Waals surface area contributed by atoms with Crippen LogP contribution in [0.5, 0.6) is 0 Å². The van der Waals surface area contributed by atoms with Gasteiger partial charge in [-0.15, -0.1) is 0 Å². The minimum atomic E-state index is -3.05. The Labute approximate surface area is 289 Å². The van der Waals surface area contributed by atoms with Crippen molar-refractivity contribution in [2.24, 2.45) is 0 Å². The summed E-state index contributed by atoms with van der Waals surface area (Å²) in [5.41, 5.74) is -0.166. The average Bonchev–Trinajstić information content (AvgIpc) is 3.54. The van der Waals surface area contributed by atoms with Gasteiger partial charge in [-0.1, -0.05) is 75.2 Å². The molecule has 2 aromatic rings. The molecule has 2 fully saturated rings. The molecule has 0 saturated carbocycles. The number of hydrogen-bond donors (Lipinski definition) is 1. The van der Waals surface area contributed by atoms with Crippen LogP contribution in [0.1, 0.15) is 87.3 Å². The summed E-state index contributed by atoms with van der Waals surface area (Å²) in [6.45, 7) is 26.3. The molecular formula is C33H57N5O7Si3. The number of nitriles is 1. The molecular weight excluding hydrogens is 663 g/mol. The zero-order valence-electron chi connectivity index (χ0n) is 31.0. The molecule has 2 aromatic heterocycles. The molecule has 0 aromatic carbocycles. The molecule has 0 aliphatic carbocycles. The van der Waals surface area contributed by atoms with Gasteiger partial charge < -0.3 is 26.9 Å². The van der Waals surface area contributed by atoms with Crippen molar-refractivity contribution in [1.29, 1.82) is 5.26 Å². The number of unbranched alkanes of at least 4 members (excludes halogenated alkanes) is 2. The SMILES string of the molecule is CCCCCOC(=O)Nc1ncnn2c([C@]3(C#N)O[C@@H]4CO[Si](C(C)C)(C(C)C)O[Si](C(C)C)(C(C)C)O[C@H]4[C@H]3O[Si](C)(C)C)ccc12. The summed E-state index contributed by atoms with van der Waals surface area (Å²) in [5.74, 6) is 0.264. The van der Waals surface area contributed by atoms with Gasteiger partial charge in [0.15, 0.2) is 14.1 Å². The third-order valence-corrected chi connectivity index (χ3v) is 20.6. The highest BCUT2D eigenvalue weighted by Crippen LogP contribution is 2.51. The molecule has 0 unspecified atom stereocenters. The highest BCUT2D eigenvalue weighted by atomic mass is 28.5. The molecule has 12 nitrogen and oxygen atoms in total. The van der Waals surface area contributed by atoms with Crippen LogP contribution in [0.3, 0.4) is 0 Å². The van der Waals surface area contributed by atoms with E-state index in [9.17, 15) is 10.1 Å². The normalized spacial score (nSPS) is 25.7. The summed E-state index contributed by atoms with van der Waals surface area (Å²) < 4.78 is 42.7. The van der Waals surface area contributed by atoms with Crippen molar-refractivity contribution >= 4 is 42.9 Å². The maximum absolute atomic E-state index is 12.6. The van der Waals surface area contributed by atoms with Crippen molar-refractivity contribution in [2.45, 2.75) is 147 Å². The van der Waals surface area contributed by atoms with Crippen molar-refractivity contribution < 1.29 is 31.7 Å². The fourth-order valence-corrected chi connectivity index (χ4v) is 19.3. The van der Waals surface area contributed by atoms with Gasteiger partial charge in [-0.2, -0.15) is 10.4 Å². The van der Waals surface area contributed by atoms with Gasteiger partial charge in [0.1, 0.15) is 36.2 Å². The van der Waals surface area contributed by atoms with Crippen LogP contribution in [0, 0.1) is 11.3 Å². The van der Waals surface area contributed by atoms with E-state index in [4.69, 9.17) is 26.9 Å². The van der Waals surface area contributed by atoms with Crippen LogP contribution in [0.15, 0.2) is 18.5 Å². The minimum Gasteiger partial charge on any atom is -0.449 e. The third-order valence-electron chi connectivity index (χ3n) is 9.41. The largest absolute Gasteiger partial charge is 0.449 e. The number of anilines is 1. The molecule has 0 spiro atoms. The Morgan fingerprint density at radius 1 is 1.08 bits per heavy atom. The molecule has 0 bridgehead atoms. The van der Waals surface area contributed by atoms with E-state index >= 15 is 0 Å². The molecule has 4 rings (SSSR count). The number of aromatic nitrogens is 3. The van der Waals surface area contributed by atoms with Crippen LogP contribution in [0.2, 0.25) is 41.8 Å². The molecule has 268 valence electrons. The van der Waals surface area contributed by atoms with Crippen LogP contribution in [-0.4, -0.2) is 77.7 Å². The summed E-state index contributed by atoms with van der Waals surface area (Å²) in [7, 11) is -8.22. The first-order valence-electron chi connectivity index (χ1n) is 17.5. The van der Waals surface area contributed by atoms with Crippen molar-refractivity contribution in [1.82, 2.24) is 14.6 Å². The molecule has 15 heteroatoms. The Morgan fingerprint density at radius 2 is 1.73 bits per heavy atom. The molecule has 4 heterocycles. The topological polar surface area (TPSA) is 138 Å². The highest BCUT2D eigenvalue weighted by molar-refractivity contribution is 6.84. The van der Waals surface area contributed by atoms with Crippen molar-refractivity contribution in [3.8, 4) is 6.07 Å². The number of carbonyl (C=O) groups is 1. The van der Waals surface area contributed by atoms with Gasteiger partial charge in [-0.3, -0.25) is 5.32 Å².